The molecule has 0 radical (unpaired) electrons. The number of hydrogen-bond donors (Lipinski definition) is 2. The van der Waals surface area contributed by atoms with Gasteiger partial charge in [0, 0.05) is 11.7 Å². The molecular weight excluding hydrogens is 262 g/mol. The van der Waals surface area contributed by atoms with E-state index in [9.17, 15) is 4.79 Å². The fourth-order valence-electron chi connectivity index (χ4n) is 2.84. The van der Waals surface area contributed by atoms with Gasteiger partial charge in [0.15, 0.2) is 0 Å². The molecule has 1 fully saturated rings. The molecule has 0 aromatic heterocycles. The van der Waals surface area contributed by atoms with E-state index in [0.29, 0.717) is 6.04 Å². The first-order valence-electron chi connectivity index (χ1n) is 8.03. The molecule has 1 aromatic carbocycles. The highest BCUT2D eigenvalue weighted by Crippen LogP contribution is 2.12. The van der Waals surface area contributed by atoms with Gasteiger partial charge in [-0.2, -0.15) is 0 Å². The van der Waals surface area contributed by atoms with Crippen molar-refractivity contribution in [3.8, 4) is 0 Å². The van der Waals surface area contributed by atoms with Crippen LogP contribution in [0.4, 0.5) is 5.69 Å². The smallest absolute Gasteiger partial charge is 0.241 e. The quantitative estimate of drug-likeness (QED) is 0.845. The molecule has 21 heavy (non-hydrogen) atoms. The Labute approximate surface area is 127 Å². The maximum atomic E-state index is 12.2. The number of amides is 1. The number of likely N-dealkylation sites (tertiary alicyclic amines) is 1. The van der Waals surface area contributed by atoms with Crippen molar-refractivity contribution in [2.75, 3.05) is 25.0 Å². The Balaban J connectivity index is 1.74. The van der Waals surface area contributed by atoms with E-state index < -0.39 is 0 Å². The molecule has 0 aliphatic carbocycles. The van der Waals surface area contributed by atoms with Crippen LogP contribution in [0.3, 0.4) is 0 Å². The summed E-state index contributed by atoms with van der Waals surface area (Å²) >= 11 is 0. The Morgan fingerprint density at radius 1 is 1.29 bits per heavy atom. The van der Waals surface area contributed by atoms with E-state index in [4.69, 9.17) is 0 Å². The number of nitrogens with one attached hydrogen (secondary N) is 2. The van der Waals surface area contributed by atoms with E-state index in [1.807, 2.05) is 37.3 Å². The van der Waals surface area contributed by atoms with E-state index in [2.05, 4.69) is 22.5 Å². The molecule has 1 unspecified atom stereocenters. The zero-order chi connectivity index (χ0) is 15.1. The summed E-state index contributed by atoms with van der Waals surface area (Å²) in [6.45, 7) is 7.63. The largest absolute Gasteiger partial charge is 0.325 e. The van der Waals surface area contributed by atoms with Crippen LogP contribution in [-0.2, 0) is 4.79 Å². The first-order valence-corrected chi connectivity index (χ1v) is 8.03. The molecule has 4 heteroatoms. The molecule has 1 aliphatic rings. The molecule has 1 atom stereocenters. The fraction of sp³-hybridized carbons (Fsp3) is 0.588. The molecule has 1 aromatic rings. The van der Waals surface area contributed by atoms with Gasteiger partial charge in [0.05, 0.1) is 6.04 Å². The van der Waals surface area contributed by atoms with Crippen molar-refractivity contribution in [3.05, 3.63) is 30.3 Å². The summed E-state index contributed by atoms with van der Waals surface area (Å²) in [6, 6.07) is 9.92. The third-order valence-corrected chi connectivity index (χ3v) is 4.05. The molecule has 1 aliphatic heterocycles. The topological polar surface area (TPSA) is 44.4 Å². The van der Waals surface area contributed by atoms with Crippen LogP contribution in [0.1, 0.15) is 33.1 Å². The van der Waals surface area contributed by atoms with E-state index >= 15 is 0 Å². The van der Waals surface area contributed by atoms with Gasteiger partial charge in [0.25, 0.3) is 0 Å². The standard InChI is InChI=1S/C17H27N3O/c1-3-11-20-12-9-16(10-13-20)18-14(2)17(21)19-15-7-5-4-6-8-15/h4-8,14,16,18H,3,9-13H2,1-2H3,(H,19,21). The fourth-order valence-corrected chi connectivity index (χ4v) is 2.84. The molecule has 1 heterocycles. The molecular formula is C17H27N3O. The highest BCUT2D eigenvalue weighted by molar-refractivity contribution is 5.94. The molecule has 0 spiro atoms. The predicted molar refractivity (Wildman–Crippen MR) is 87.4 cm³/mol. The highest BCUT2D eigenvalue weighted by Gasteiger charge is 2.22. The van der Waals surface area contributed by atoms with Crippen LogP contribution in [0.25, 0.3) is 0 Å². The van der Waals surface area contributed by atoms with Crippen LogP contribution in [0, 0.1) is 0 Å². The number of nitrogens with zero attached hydrogens (tertiary/aromatic N) is 1. The van der Waals surface area contributed by atoms with E-state index in [0.717, 1.165) is 31.6 Å². The van der Waals surface area contributed by atoms with Gasteiger partial charge in [-0.3, -0.25) is 4.79 Å². The normalized spacial score (nSPS) is 18.4. The molecule has 4 nitrogen and oxygen atoms in total. The van der Waals surface area contributed by atoms with Gasteiger partial charge >= 0.3 is 0 Å². The highest BCUT2D eigenvalue weighted by atomic mass is 16.2. The summed E-state index contributed by atoms with van der Waals surface area (Å²) in [4.78, 5) is 14.7. The number of benzene rings is 1. The summed E-state index contributed by atoms with van der Waals surface area (Å²) < 4.78 is 0. The minimum absolute atomic E-state index is 0.0391. The number of para-hydroxylation sites is 1. The Hall–Kier alpha value is -1.39. The lowest BCUT2D eigenvalue weighted by atomic mass is 10.0. The zero-order valence-electron chi connectivity index (χ0n) is 13.1. The first kappa shape index (κ1) is 16.0. The van der Waals surface area contributed by atoms with Gasteiger partial charge in [0.2, 0.25) is 5.91 Å². The van der Waals surface area contributed by atoms with E-state index in [1.165, 1.54) is 13.0 Å². The average molecular weight is 289 g/mol. The van der Waals surface area contributed by atoms with Gasteiger partial charge in [-0.05, 0) is 58.0 Å². The molecule has 2 N–H and O–H groups in total. The molecule has 1 amide bonds. The lowest BCUT2D eigenvalue weighted by Gasteiger charge is -2.33. The molecule has 1 saturated heterocycles. The number of rotatable bonds is 6. The van der Waals surface area contributed by atoms with Crippen LogP contribution >= 0.6 is 0 Å². The summed E-state index contributed by atoms with van der Waals surface area (Å²) in [5.41, 5.74) is 0.855. The number of carbonyl (C=O) groups is 1. The van der Waals surface area contributed by atoms with E-state index in [-0.39, 0.29) is 11.9 Å². The lowest BCUT2D eigenvalue weighted by molar-refractivity contribution is -0.118. The Morgan fingerprint density at radius 2 is 1.95 bits per heavy atom. The SMILES string of the molecule is CCCN1CCC(NC(C)C(=O)Nc2ccccc2)CC1. The summed E-state index contributed by atoms with van der Waals surface area (Å²) in [7, 11) is 0. The van der Waals surface area contributed by atoms with Crippen molar-refractivity contribution in [2.45, 2.75) is 45.2 Å². The second-order valence-corrected chi connectivity index (χ2v) is 5.86. The molecule has 116 valence electrons. The predicted octanol–water partition coefficient (Wildman–Crippen LogP) is 2.48. The summed E-state index contributed by atoms with van der Waals surface area (Å²) in [5.74, 6) is 0.0391. The second kappa shape index (κ2) is 8.15. The monoisotopic (exact) mass is 289 g/mol. The van der Waals surface area contributed by atoms with Crippen molar-refractivity contribution in [2.24, 2.45) is 0 Å². The zero-order valence-corrected chi connectivity index (χ0v) is 13.1. The Kier molecular flexibility index (Phi) is 6.21. The van der Waals surface area contributed by atoms with Crippen molar-refractivity contribution >= 4 is 11.6 Å². The van der Waals surface area contributed by atoms with Gasteiger partial charge in [0.1, 0.15) is 0 Å². The lowest BCUT2D eigenvalue weighted by Crippen LogP contribution is -2.49. The number of anilines is 1. The number of hydrogen-bond acceptors (Lipinski definition) is 3. The third-order valence-electron chi connectivity index (χ3n) is 4.05. The van der Waals surface area contributed by atoms with Crippen LogP contribution in [0.5, 0.6) is 0 Å². The van der Waals surface area contributed by atoms with Crippen molar-refractivity contribution in [1.82, 2.24) is 10.2 Å². The van der Waals surface area contributed by atoms with Crippen LogP contribution in [0.15, 0.2) is 30.3 Å². The minimum Gasteiger partial charge on any atom is -0.325 e. The minimum atomic E-state index is -0.159. The maximum absolute atomic E-state index is 12.2. The molecule has 0 saturated carbocycles. The van der Waals surface area contributed by atoms with Crippen molar-refractivity contribution in [3.63, 3.8) is 0 Å². The Bertz CT molecular complexity index is 427. The second-order valence-electron chi connectivity index (χ2n) is 5.86. The molecule has 2 rings (SSSR count). The average Bonchev–Trinajstić information content (AvgIpc) is 2.50. The first-order chi connectivity index (χ1) is 10.2. The van der Waals surface area contributed by atoms with Gasteiger partial charge in [-0.15, -0.1) is 0 Å². The third kappa shape index (κ3) is 5.14. The summed E-state index contributed by atoms with van der Waals surface area (Å²) in [5, 5.41) is 6.41. The van der Waals surface area contributed by atoms with Gasteiger partial charge < -0.3 is 15.5 Å². The maximum Gasteiger partial charge on any atom is 0.241 e. The number of piperidine rings is 1. The summed E-state index contributed by atoms with van der Waals surface area (Å²) in [6.07, 6.45) is 3.47. The number of carbonyl (C=O) groups excluding carboxylic acids is 1. The molecule has 0 bridgehead atoms. The van der Waals surface area contributed by atoms with Gasteiger partial charge in [-0.1, -0.05) is 25.1 Å². The van der Waals surface area contributed by atoms with Crippen molar-refractivity contribution in [1.29, 1.82) is 0 Å². The van der Waals surface area contributed by atoms with Crippen LogP contribution < -0.4 is 10.6 Å². The van der Waals surface area contributed by atoms with Gasteiger partial charge in [-0.25, -0.2) is 0 Å². The van der Waals surface area contributed by atoms with Crippen LogP contribution in [-0.4, -0.2) is 42.5 Å². The van der Waals surface area contributed by atoms with E-state index in [1.54, 1.807) is 0 Å². The Morgan fingerprint density at radius 3 is 2.57 bits per heavy atom. The van der Waals surface area contributed by atoms with Crippen molar-refractivity contribution < 1.29 is 4.79 Å². The van der Waals surface area contributed by atoms with Crippen LogP contribution in [0.2, 0.25) is 0 Å².